The van der Waals surface area contributed by atoms with Crippen molar-refractivity contribution in [2.45, 2.75) is 39.7 Å². The molecule has 3 heterocycles. The smallest absolute Gasteiger partial charge is 0.296 e. The van der Waals surface area contributed by atoms with Crippen molar-refractivity contribution in [3.8, 4) is 11.5 Å². The Kier molecular flexibility index (Phi) is 7.44. The summed E-state index contributed by atoms with van der Waals surface area (Å²) >= 11 is 1.03. The quantitative estimate of drug-likeness (QED) is 0.176. The highest BCUT2D eigenvalue weighted by Gasteiger charge is 2.47. The Bertz CT molecular complexity index is 1630. The Labute approximate surface area is 234 Å². The maximum absolute atomic E-state index is 13.9. The van der Waals surface area contributed by atoms with Gasteiger partial charge in [-0.15, -0.1) is 0 Å². The molecular weight excluding hydrogens is 532 g/mol. The van der Waals surface area contributed by atoms with E-state index in [1.165, 1.54) is 18.9 Å². The van der Waals surface area contributed by atoms with Gasteiger partial charge in [-0.1, -0.05) is 48.9 Å². The van der Waals surface area contributed by atoms with E-state index in [-0.39, 0.29) is 22.2 Å². The molecule has 1 aliphatic heterocycles. The van der Waals surface area contributed by atoms with E-state index in [1.54, 1.807) is 49.4 Å². The normalized spacial score (nSPS) is 15.2. The molecule has 1 aliphatic rings. The fourth-order valence-electron chi connectivity index (χ4n) is 4.69. The van der Waals surface area contributed by atoms with Crippen LogP contribution in [0.25, 0.3) is 11.0 Å². The molecule has 2 aromatic carbocycles. The van der Waals surface area contributed by atoms with E-state index in [1.807, 2.05) is 6.07 Å². The molecule has 0 bridgehead atoms. The minimum Gasteiger partial charge on any atom is -0.503 e. The number of amides is 1. The predicted octanol–water partition coefficient (Wildman–Crippen LogP) is 6.37. The first kappa shape index (κ1) is 27.1. The standard InChI is InChI=1S/C30H28N2O7S/c1-5-6-13-38-21-12-11-19(15-22(21)37-4)25-24(26(34)23-14-18-9-7-8-10-20(18)39-23)27(35)29(36)32(25)30-31-16(2)28(40-30)17(3)33/h7-12,14-15,25,35H,5-6,13H2,1-4H3. The van der Waals surface area contributed by atoms with Crippen molar-refractivity contribution in [2.24, 2.45) is 0 Å². The van der Waals surface area contributed by atoms with Crippen LogP contribution >= 0.6 is 11.3 Å². The lowest BCUT2D eigenvalue weighted by atomic mass is 9.95. The number of Topliss-reactive ketones (excluding diaryl/α,β-unsaturated/α-hetero) is 2. The topological polar surface area (TPSA) is 119 Å². The summed E-state index contributed by atoms with van der Waals surface area (Å²) in [4.78, 5) is 45.7. The van der Waals surface area contributed by atoms with Crippen molar-refractivity contribution in [3.05, 3.63) is 81.8 Å². The maximum Gasteiger partial charge on any atom is 0.296 e. The third kappa shape index (κ3) is 4.75. The van der Waals surface area contributed by atoms with Crippen LogP contribution in [-0.2, 0) is 4.79 Å². The first-order chi connectivity index (χ1) is 19.2. The zero-order valence-electron chi connectivity index (χ0n) is 22.5. The van der Waals surface area contributed by atoms with E-state index < -0.39 is 23.5 Å². The molecule has 1 unspecified atom stereocenters. The number of para-hydroxylation sites is 1. The molecule has 10 heteroatoms. The fourth-order valence-corrected chi connectivity index (χ4v) is 5.68. The Morgan fingerprint density at radius 1 is 1.15 bits per heavy atom. The number of hydrogen-bond acceptors (Lipinski definition) is 9. The van der Waals surface area contributed by atoms with E-state index >= 15 is 0 Å². The molecule has 9 nitrogen and oxygen atoms in total. The number of thiazole rings is 1. The second-order valence-electron chi connectivity index (χ2n) is 9.40. The van der Waals surface area contributed by atoms with Gasteiger partial charge < -0.3 is 19.0 Å². The van der Waals surface area contributed by atoms with Crippen molar-refractivity contribution in [1.29, 1.82) is 0 Å². The van der Waals surface area contributed by atoms with Gasteiger partial charge in [-0.3, -0.25) is 19.3 Å². The zero-order chi connectivity index (χ0) is 28.6. The number of aryl methyl sites for hydroxylation is 1. The molecular formula is C30H28N2O7S. The van der Waals surface area contributed by atoms with Crippen molar-refractivity contribution in [3.63, 3.8) is 0 Å². The minimum absolute atomic E-state index is 0.0198. The summed E-state index contributed by atoms with van der Waals surface area (Å²) in [7, 11) is 1.50. The summed E-state index contributed by atoms with van der Waals surface area (Å²) < 4.78 is 17.2. The van der Waals surface area contributed by atoms with Gasteiger partial charge in [0.25, 0.3) is 5.91 Å². The van der Waals surface area contributed by atoms with Gasteiger partial charge in [0, 0.05) is 12.3 Å². The number of carbonyl (C=O) groups is 3. The summed E-state index contributed by atoms with van der Waals surface area (Å²) in [5.41, 5.74) is 1.27. The van der Waals surface area contributed by atoms with Crippen LogP contribution in [0.2, 0.25) is 0 Å². The highest BCUT2D eigenvalue weighted by molar-refractivity contribution is 7.17. The van der Waals surface area contributed by atoms with Gasteiger partial charge in [-0.05, 0) is 43.2 Å². The van der Waals surface area contributed by atoms with E-state index in [9.17, 15) is 19.5 Å². The number of fused-ring (bicyclic) bond motifs is 1. The Morgan fingerprint density at radius 2 is 1.93 bits per heavy atom. The van der Waals surface area contributed by atoms with Crippen LogP contribution in [0.1, 0.15) is 64.2 Å². The first-order valence-electron chi connectivity index (χ1n) is 12.8. The lowest BCUT2D eigenvalue weighted by Gasteiger charge is -2.25. The van der Waals surface area contributed by atoms with E-state index in [2.05, 4.69) is 11.9 Å². The number of furan rings is 1. The Hall–Kier alpha value is -4.44. The molecule has 40 heavy (non-hydrogen) atoms. The van der Waals surface area contributed by atoms with E-state index in [0.717, 1.165) is 24.2 Å². The van der Waals surface area contributed by atoms with Gasteiger partial charge >= 0.3 is 0 Å². The van der Waals surface area contributed by atoms with Gasteiger partial charge in [0.05, 0.1) is 35.9 Å². The van der Waals surface area contributed by atoms with Crippen LogP contribution < -0.4 is 14.4 Å². The number of ether oxygens (including phenoxy) is 2. The van der Waals surface area contributed by atoms with Crippen LogP contribution in [0.3, 0.4) is 0 Å². The number of benzene rings is 2. The maximum atomic E-state index is 13.9. The van der Waals surface area contributed by atoms with Crippen LogP contribution in [0.5, 0.6) is 11.5 Å². The molecule has 5 rings (SSSR count). The molecule has 1 amide bonds. The van der Waals surface area contributed by atoms with Crippen molar-refractivity contribution < 1.29 is 33.4 Å². The average Bonchev–Trinajstić information content (AvgIpc) is 3.62. The SMILES string of the molecule is CCCCOc1ccc(C2C(C(=O)c3cc4ccccc4o3)=C(O)C(=O)N2c2nc(C)c(C(C)=O)s2)cc1OC. The van der Waals surface area contributed by atoms with Crippen LogP contribution in [0.15, 0.2) is 64.3 Å². The number of rotatable bonds is 10. The molecule has 0 spiro atoms. The van der Waals surface area contributed by atoms with Crippen molar-refractivity contribution >= 4 is 44.9 Å². The Balaban J connectivity index is 1.64. The number of unbranched alkanes of at least 4 members (excludes halogenated alkanes) is 1. The third-order valence-corrected chi connectivity index (χ3v) is 7.93. The van der Waals surface area contributed by atoms with Gasteiger partial charge in [-0.25, -0.2) is 4.98 Å². The van der Waals surface area contributed by atoms with Crippen molar-refractivity contribution in [2.75, 3.05) is 18.6 Å². The molecule has 0 radical (unpaired) electrons. The van der Waals surface area contributed by atoms with E-state index in [4.69, 9.17) is 13.9 Å². The lowest BCUT2D eigenvalue weighted by molar-refractivity contribution is -0.117. The summed E-state index contributed by atoms with van der Waals surface area (Å²) in [6.45, 7) is 5.66. The molecule has 1 N–H and O–H groups in total. The number of anilines is 1. The molecule has 206 valence electrons. The number of nitrogens with zero attached hydrogens (tertiary/aromatic N) is 2. The number of aromatic nitrogens is 1. The van der Waals surface area contributed by atoms with Gasteiger partial charge in [0.15, 0.2) is 33.9 Å². The van der Waals surface area contributed by atoms with Gasteiger partial charge in [0.1, 0.15) is 5.58 Å². The molecule has 2 aromatic heterocycles. The van der Waals surface area contributed by atoms with Crippen LogP contribution in [0.4, 0.5) is 5.13 Å². The summed E-state index contributed by atoms with van der Waals surface area (Å²) in [6.07, 6.45) is 1.83. The number of methoxy groups -OCH3 is 1. The van der Waals surface area contributed by atoms with Crippen molar-refractivity contribution in [1.82, 2.24) is 4.98 Å². The van der Waals surface area contributed by atoms with Crippen LogP contribution in [0, 0.1) is 6.92 Å². The zero-order valence-corrected chi connectivity index (χ0v) is 23.3. The number of aliphatic hydroxyl groups excluding tert-OH is 1. The largest absolute Gasteiger partial charge is 0.503 e. The summed E-state index contributed by atoms with van der Waals surface area (Å²) in [5, 5.41) is 12.0. The second-order valence-corrected chi connectivity index (χ2v) is 10.4. The summed E-state index contributed by atoms with van der Waals surface area (Å²) in [5.74, 6) is -1.47. The molecule has 0 saturated carbocycles. The minimum atomic E-state index is -1.07. The third-order valence-electron chi connectivity index (χ3n) is 6.67. The fraction of sp³-hybridized carbons (Fsp3) is 0.267. The molecule has 0 fully saturated rings. The highest BCUT2D eigenvalue weighted by atomic mass is 32.1. The molecule has 1 atom stereocenters. The lowest BCUT2D eigenvalue weighted by Crippen LogP contribution is -2.31. The van der Waals surface area contributed by atoms with E-state index in [0.29, 0.717) is 45.2 Å². The molecule has 4 aromatic rings. The number of hydrogen-bond donors (Lipinski definition) is 1. The highest BCUT2D eigenvalue weighted by Crippen LogP contribution is 2.45. The average molecular weight is 561 g/mol. The number of aliphatic hydroxyl groups is 1. The Morgan fingerprint density at radius 3 is 2.60 bits per heavy atom. The van der Waals surface area contributed by atoms with Gasteiger partial charge in [0.2, 0.25) is 5.78 Å². The van der Waals surface area contributed by atoms with Crippen LogP contribution in [-0.4, -0.2) is 41.3 Å². The molecule has 0 aliphatic carbocycles. The summed E-state index contributed by atoms with van der Waals surface area (Å²) in [6, 6.07) is 12.7. The van der Waals surface area contributed by atoms with Gasteiger partial charge in [-0.2, -0.15) is 0 Å². The number of ketones is 2. The number of carbonyl (C=O) groups excluding carboxylic acids is 3. The monoisotopic (exact) mass is 560 g/mol. The predicted molar refractivity (Wildman–Crippen MR) is 151 cm³/mol. The first-order valence-corrected chi connectivity index (χ1v) is 13.7. The second kappa shape index (κ2) is 11.0. The molecule has 0 saturated heterocycles.